The fourth-order valence-corrected chi connectivity index (χ4v) is 3.51. The summed E-state index contributed by atoms with van der Waals surface area (Å²) in [4.78, 5) is 27.8. The van der Waals surface area contributed by atoms with E-state index in [4.69, 9.17) is 4.74 Å². The monoisotopic (exact) mass is 397 g/mol. The number of nitrogens with one attached hydrogen (secondary N) is 3. The number of para-hydroxylation sites is 2. The number of aryl methyl sites for hydroxylation is 2. The number of carbonyl (C=O) groups excluding carboxylic acids is 2. The zero-order valence-corrected chi connectivity index (χ0v) is 17.2. The third-order valence-corrected chi connectivity index (χ3v) is 5.32. The molecule has 3 rings (SSSR count). The number of piperazine rings is 1. The van der Waals surface area contributed by atoms with Crippen molar-refractivity contribution in [2.75, 3.05) is 50.1 Å². The third-order valence-electron chi connectivity index (χ3n) is 5.32. The number of rotatable bonds is 5. The van der Waals surface area contributed by atoms with E-state index in [-0.39, 0.29) is 12.5 Å². The second-order valence-corrected chi connectivity index (χ2v) is 7.39. The maximum absolute atomic E-state index is 12.3. The van der Waals surface area contributed by atoms with Gasteiger partial charge in [0, 0.05) is 5.69 Å². The van der Waals surface area contributed by atoms with Crippen LogP contribution in [0.5, 0.6) is 5.75 Å². The van der Waals surface area contributed by atoms with Crippen LogP contribution in [-0.4, -0.2) is 51.8 Å². The average molecular weight is 397 g/mol. The molecule has 2 aromatic rings. The molecule has 1 saturated heterocycles. The molecule has 29 heavy (non-hydrogen) atoms. The zero-order chi connectivity index (χ0) is 20.8. The lowest BCUT2D eigenvalue weighted by atomic mass is 10.1. The molecule has 3 amide bonds. The van der Waals surface area contributed by atoms with Gasteiger partial charge in [-0.1, -0.05) is 18.2 Å². The fraction of sp³-hybridized carbons (Fsp3) is 0.364. The quantitative estimate of drug-likeness (QED) is 0.712. The SMILES string of the molecule is COc1ccccc1N1CC[NH+](CC(=O)NC(=O)Nc2ccc(C)c(C)c2)CC1. The Morgan fingerprint density at radius 3 is 2.48 bits per heavy atom. The molecular weight excluding hydrogens is 368 g/mol. The highest BCUT2D eigenvalue weighted by Crippen LogP contribution is 2.27. The van der Waals surface area contributed by atoms with E-state index in [0.29, 0.717) is 5.69 Å². The summed E-state index contributed by atoms with van der Waals surface area (Å²) in [6.45, 7) is 7.58. The second-order valence-electron chi connectivity index (χ2n) is 7.39. The lowest BCUT2D eigenvalue weighted by Crippen LogP contribution is -3.16. The molecule has 0 unspecified atom stereocenters. The largest absolute Gasteiger partial charge is 0.495 e. The Morgan fingerprint density at radius 1 is 1.07 bits per heavy atom. The molecule has 1 aliphatic heterocycles. The molecule has 0 saturated carbocycles. The zero-order valence-electron chi connectivity index (χ0n) is 17.2. The van der Waals surface area contributed by atoms with Crippen molar-refractivity contribution in [2.45, 2.75) is 13.8 Å². The molecule has 3 N–H and O–H groups in total. The summed E-state index contributed by atoms with van der Waals surface area (Å²) in [5.41, 5.74) is 4.00. The molecule has 0 aromatic heterocycles. The van der Waals surface area contributed by atoms with Crippen molar-refractivity contribution in [1.82, 2.24) is 5.32 Å². The van der Waals surface area contributed by atoms with Gasteiger partial charge in [0.2, 0.25) is 0 Å². The van der Waals surface area contributed by atoms with E-state index in [1.807, 2.05) is 56.3 Å². The summed E-state index contributed by atoms with van der Waals surface area (Å²) in [6.07, 6.45) is 0. The van der Waals surface area contributed by atoms with Crippen molar-refractivity contribution in [2.24, 2.45) is 0 Å². The molecular formula is C22H29N4O3+. The van der Waals surface area contributed by atoms with Crippen LogP contribution < -0.4 is 25.2 Å². The van der Waals surface area contributed by atoms with Crippen LogP contribution in [0.4, 0.5) is 16.2 Å². The molecule has 7 nitrogen and oxygen atoms in total. The van der Waals surface area contributed by atoms with E-state index >= 15 is 0 Å². The van der Waals surface area contributed by atoms with E-state index in [1.165, 1.54) is 0 Å². The van der Waals surface area contributed by atoms with Crippen LogP contribution in [0.3, 0.4) is 0 Å². The van der Waals surface area contributed by atoms with Gasteiger partial charge in [-0.25, -0.2) is 4.79 Å². The van der Waals surface area contributed by atoms with Crippen LogP contribution >= 0.6 is 0 Å². The summed E-state index contributed by atoms with van der Waals surface area (Å²) in [7, 11) is 1.67. The Morgan fingerprint density at radius 2 is 1.79 bits per heavy atom. The van der Waals surface area contributed by atoms with E-state index in [9.17, 15) is 9.59 Å². The molecule has 7 heteroatoms. The lowest BCUT2D eigenvalue weighted by molar-refractivity contribution is -0.892. The number of ether oxygens (including phenoxy) is 1. The molecule has 154 valence electrons. The summed E-state index contributed by atoms with van der Waals surface area (Å²) in [5.74, 6) is 0.587. The Bertz CT molecular complexity index is 876. The molecule has 2 aromatic carbocycles. The van der Waals surface area contributed by atoms with E-state index in [0.717, 1.165) is 53.6 Å². The molecule has 0 aliphatic carbocycles. The number of imide groups is 1. The first-order valence-electron chi connectivity index (χ1n) is 9.86. The van der Waals surface area contributed by atoms with Crippen LogP contribution in [0.1, 0.15) is 11.1 Å². The highest BCUT2D eigenvalue weighted by atomic mass is 16.5. The van der Waals surface area contributed by atoms with Crippen LogP contribution in [0.2, 0.25) is 0 Å². The Balaban J connectivity index is 1.45. The van der Waals surface area contributed by atoms with E-state index in [2.05, 4.69) is 15.5 Å². The van der Waals surface area contributed by atoms with Gasteiger partial charge in [-0.15, -0.1) is 0 Å². The molecule has 0 atom stereocenters. The molecule has 0 radical (unpaired) electrons. The summed E-state index contributed by atoms with van der Waals surface area (Å²) in [6, 6.07) is 13.1. The first kappa shape index (κ1) is 20.7. The number of urea groups is 1. The van der Waals surface area contributed by atoms with Gasteiger partial charge in [0.15, 0.2) is 6.54 Å². The van der Waals surface area contributed by atoms with Crippen molar-refractivity contribution in [3.05, 3.63) is 53.6 Å². The van der Waals surface area contributed by atoms with Gasteiger partial charge in [-0.05, 0) is 49.2 Å². The second kappa shape index (κ2) is 9.43. The van der Waals surface area contributed by atoms with Crippen molar-refractivity contribution in [3.8, 4) is 5.75 Å². The number of benzene rings is 2. The average Bonchev–Trinajstić information content (AvgIpc) is 2.71. The lowest BCUT2D eigenvalue weighted by Gasteiger charge is -2.33. The normalized spacial score (nSPS) is 14.4. The first-order chi connectivity index (χ1) is 14.0. The number of hydrogen-bond donors (Lipinski definition) is 3. The van der Waals surface area contributed by atoms with Gasteiger partial charge in [0.25, 0.3) is 5.91 Å². The summed E-state index contributed by atoms with van der Waals surface area (Å²) in [5, 5.41) is 5.14. The first-order valence-corrected chi connectivity index (χ1v) is 9.86. The topological polar surface area (TPSA) is 75.1 Å². The molecule has 1 heterocycles. The Kier molecular flexibility index (Phi) is 6.72. The van der Waals surface area contributed by atoms with Crippen molar-refractivity contribution < 1.29 is 19.2 Å². The molecule has 1 fully saturated rings. The maximum atomic E-state index is 12.3. The van der Waals surface area contributed by atoms with Crippen molar-refractivity contribution in [1.29, 1.82) is 0 Å². The van der Waals surface area contributed by atoms with Crippen molar-refractivity contribution in [3.63, 3.8) is 0 Å². The standard InChI is InChI=1S/C22H28N4O3/c1-16-8-9-18(14-17(16)2)23-22(28)24-21(27)15-25-10-12-26(13-11-25)19-6-4-5-7-20(19)29-3/h4-9,14H,10-13,15H2,1-3H3,(H2,23,24,27,28)/p+1. The molecule has 0 bridgehead atoms. The van der Waals surface area contributed by atoms with Crippen LogP contribution in [0.25, 0.3) is 0 Å². The minimum atomic E-state index is -0.495. The highest BCUT2D eigenvalue weighted by molar-refractivity contribution is 6.01. The third kappa shape index (κ3) is 5.48. The Hall–Kier alpha value is -3.06. The van der Waals surface area contributed by atoms with Gasteiger partial charge < -0.3 is 19.9 Å². The number of hydrogen-bond acceptors (Lipinski definition) is 4. The van der Waals surface area contributed by atoms with Gasteiger partial charge in [-0.3, -0.25) is 10.1 Å². The summed E-state index contributed by atoms with van der Waals surface area (Å²) < 4.78 is 5.44. The predicted octanol–water partition coefficient (Wildman–Crippen LogP) is 1.37. The highest BCUT2D eigenvalue weighted by Gasteiger charge is 2.24. The van der Waals surface area contributed by atoms with Crippen LogP contribution in [-0.2, 0) is 4.79 Å². The van der Waals surface area contributed by atoms with Gasteiger partial charge in [0.1, 0.15) is 5.75 Å². The minimum Gasteiger partial charge on any atom is -0.495 e. The number of anilines is 2. The fourth-order valence-electron chi connectivity index (χ4n) is 3.51. The van der Waals surface area contributed by atoms with Gasteiger partial charge >= 0.3 is 6.03 Å². The molecule has 0 spiro atoms. The van der Waals surface area contributed by atoms with Crippen molar-refractivity contribution >= 4 is 23.3 Å². The van der Waals surface area contributed by atoms with E-state index < -0.39 is 6.03 Å². The number of carbonyl (C=O) groups is 2. The number of amides is 3. The maximum Gasteiger partial charge on any atom is 0.326 e. The number of nitrogens with zero attached hydrogens (tertiary/aromatic N) is 1. The molecule has 1 aliphatic rings. The minimum absolute atomic E-state index is 0.271. The summed E-state index contributed by atoms with van der Waals surface area (Å²) >= 11 is 0. The van der Waals surface area contributed by atoms with Gasteiger partial charge in [0.05, 0.1) is 39.0 Å². The number of quaternary nitrogens is 1. The van der Waals surface area contributed by atoms with Crippen LogP contribution in [0, 0.1) is 13.8 Å². The smallest absolute Gasteiger partial charge is 0.326 e. The van der Waals surface area contributed by atoms with E-state index in [1.54, 1.807) is 7.11 Å². The van der Waals surface area contributed by atoms with Crippen LogP contribution in [0.15, 0.2) is 42.5 Å². The predicted molar refractivity (Wildman–Crippen MR) is 114 cm³/mol. The van der Waals surface area contributed by atoms with Gasteiger partial charge in [-0.2, -0.15) is 0 Å². The Labute approximate surface area is 171 Å². The number of methoxy groups -OCH3 is 1.